The lowest BCUT2D eigenvalue weighted by Gasteiger charge is -2.14. The summed E-state index contributed by atoms with van der Waals surface area (Å²) in [5.74, 6) is 0.617. The van der Waals surface area contributed by atoms with Gasteiger partial charge < -0.3 is 0 Å². The van der Waals surface area contributed by atoms with Gasteiger partial charge in [-0.05, 0) is 12.1 Å². The van der Waals surface area contributed by atoms with Crippen molar-refractivity contribution in [2.24, 2.45) is 0 Å². The third-order valence-corrected chi connectivity index (χ3v) is 3.30. The number of rotatable bonds is 1. The lowest BCUT2D eigenvalue weighted by molar-refractivity contribution is -0.104. The van der Waals surface area contributed by atoms with Crippen LogP contribution in [0.25, 0.3) is 5.03 Å². The van der Waals surface area contributed by atoms with Crippen molar-refractivity contribution in [1.29, 1.82) is 0 Å². The summed E-state index contributed by atoms with van der Waals surface area (Å²) in [4.78, 5) is 14.8. The highest BCUT2D eigenvalue weighted by molar-refractivity contribution is 7.99. The van der Waals surface area contributed by atoms with Gasteiger partial charge in [-0.1, -0.05) is 11.6 Å². The van der Waals surface area contributed by atoms with Crippen molar-refractivity contribution >= 4 is 34.7 Å². The van der Waals surface area contributed by atoms with Crippen LogP contribution in [0.2, 0.25) is 0 Å². The average molecular weight is 212 g/mol. The Morgan fingerprint density at radius 2 is 2.46 bits per heavy atom. The largest absolute Gasteiger partial charge is 0.298 e. The number of carbonyl (C=O) groups is 1. The molecule has 0 radical (unpaired) electrons. The summed E-state index contributed by atoms with van der Waals surface area (Å²) in [6.45, 7) is 0. The lowest BCUT2D eigenvalue weighted by atomic mass is 10.2. The standard InChI is InChI=1S/C9H6ClNOS/c10-8-6(4-12)5-13-9-7(8)2-1-3-11-9/h1-4H,5H2. The van der Waals surface area contributed by atoms with Gasteiger partial charge in [0.1, 0.15) is 11.3 Å². The zero-order valence-electron chi connectivity index (χ0n) is 6.66. The van der Waals surface area contributed by atoms with E-state index in [0.29, 0.717) is 16.4 Å². The van der Waals surface area contributed by atoms with Gasteiger partial charge in [-0.2, -0.15) is 0 Å². The Morgan fingerprint density at radius 3 is 3.23 bits per heavy atom. The number of nitrogens with zero attached hydrogens (tertiary/aromatic N) is 1. The Labute approximate surface area is 85.0 Å². The Balaban J connectivity index is 2.58. The van der Waals surface area contributed by atoms with Crippen LogP contribution in [0.5, 0.6) is 0 Å². The first-order chi connectivity index (χ1) is 6.33. The van der Waals surface area contributed by atoms with Crippen molar-refractivity contribution in [3.63, 3.8) is 0 Å². The quantitative estimate of drug-likeness (QED) is 0.668. The van der Waals surface area contributed by atoms with Crippen molar-refractivity contribution < 1.29 is 4.79 Å². The molecular weight excluding hydrogens is 206 g/mol. The molecule has 0 saturated heterocycles. The highest BCUT2D eigenvalue weighted by atomic mass is 35.5. The predicted octanol–water partition coefficient (Wildman–Crippen LogP) is 2.34. The fraction of sp³-hybridized carbons (Fsp3) is 0.111. The maximum atomic E-state index is 10.6. The van der Waals surface area contributed by atoms with Crippen LogP contribution >= 0.6 is 23.4 Å². The molecule has 0 spiro atoms. The maximum Gasteiger partial charge on any atom is 0.148 e. The number of pyridine rings is 1. The van der Waals surface area contributed by atoms with Gasteiger partial charge in [0, 0.05) is 23.1 Å². The zero-order valence-corrected chi connectivity index (χ0v) is 8.23. The number of carbonyl (C=O) groups excluding carboxylic acids is 1. The molecule has 2 heterocycles. The van der Waals surface area contributed by atoms with E-state index in [1.165, 1.54) is 0 Å². The first kappa shape index (κ1) is 8.78. The molecule has 66 valence electrons. The molecule has 0 fully saturated rings. The van der Waals surface area contributed by atoms with Crippen molar-refractivity contribution in [3.8, 4) is 0 Å². The van der Waals surface area contributed by atoms with Crippen LogP contribution in [0.15, 0.2) is 28.9 Å². The van der Waals surface area contributed by atoms with Crippen molar-refractivity contribution in [2.75, 3.05) is 5.75 Å². The second-order valence-electron chi connectivity index (χ2n) is 2.60. The molecule has 0 amide bonds. The van der Waals surface area contributed by atoms with E-state index in [2.05, 4.69) is 4.98 Å². The summed E-state index contributed by atoms with van der Waals surface area (Å²) in [5, 5.41) is 1.44. The van der Waals surface area contributed by atoms with Crippen LogP contribution < -0.4 is 0 Å². The summed E-state index contributed by atoms with van der Waals surface area (Å²) in [6, 6.07) is 3.69. The molecule has 1 aromatic heterocycles. The lowest BCUT2D eigenvalue weighted by Crippen LogP contribution is -2.01. The van der Waals surface area contributed by atoms with Crippen molar-refractivity contribution in [1.82, 2.24) is 4.98 Å². The minimum Gasteiger partial charge on any atom is -0.298 e. The average Bonchev–Trinajstić information content (AvgIpc) is 2.19. The fourth-order valence-corrected chi connectivity index (χ4v) is 2.51. The second-order valence-corrected chi connectivity index (χ2v) is 3.94. The van der Waals surface area contributed by atoms with Crippen LogP contribution in [0, 0.1) is 0 Å². The molecule has 4 heteroatoms. The van der Waals surface area contributed by atoms with Crippen LogP contribution in [0.3, 0.4) is 0 Å². The Kier molecular flexibility index (Phi) is 2.38. The summed E-state index contributed by atoms with van der Waals surface area (Å²) in [5.41, 5.74) is 1.51. The molecule has 0 saturated carbocycles. The molecule has 2 rings (SSSR count). The fourth-order valence-electron chi connectivity index (χ4n) is 1.14. The number of hydrogen-bond donors (Lipinski definition) is 0. The number of halogens is 1. The molecule has 1 aliphatic rings. The topological polar surface area (TPSA) is 30.0 Å². The van der Waals surface area contributed by atoms with Gasteiger partial charge in [0.25, 0.3) is 0 Å². The Bertz CT molecular complexity index is 389. The summed E-state index contributed by atoms with van der Waals surface area (Å²) in [6.07, 6.45) is 2.53. The van der Waals surface area contributed by atoms with Crippen molar-refractivity contribution in [2.45, 2.75) is 5.03 Å². The molecule has 13 heavy (non-hydrogen) atoms. The SMILES string of the molecule is O=CC1=C(Cl)c2cccnc2SC1. The van der Waals surface area contributed by atoms with Gasteiger partial charge in [-0.3, -0.25) is 4.79 Å². The van der Waals surface area contributed by atoms with Gasteiger partial charge in [0.2, 0.25) is 0 Å². The van der Waals surface area contributed by atoms with E-state index in [9.17, 15) is 4.79 Å². The summed E-state index contributed by atoms with van der Waals surface area (Å²) in [7, 11) is 0. The van der Waals surface area contributed by atoms with Gasteiger partial charge >= 0.3 is 0 Å². The van der Waals surface area contributed by atoms with E-state index in [1.54, 1.807) is 18.0 Å². The number of aldehydes is 1. The molecule has 0 atom stereocenters. The summed E-state index contributed by atoms with van der Waals surface area (Å²) >= 11 is 7.55. The Hall–Kier alpha value is -0.800. The summed E-state index contributed by atoms with van der Waals surface area (Å²) < 4.78 is 0. The molecule has 0 aliphatic carbocycles. The van der Waals surface area contributed by atoms with Crippen LogP contribution in [-0.4, -0.2) is 17.0 Å². The van der Waals surface area contributed by atoms with E-state index >= 15 is 0 Å². The van der Waals surface area contributed by atoms with Crippen LogP contribution in [0.4, 0.5) is 0 Å². The zero-order chi connectivity index (χ0) is 9.26. The number of thioether (sulfide) groups is 1. The van der Waals surface area contributed by atoms with Gasteiger partial charge in [-0.15, -0.1) is 11.8 Å². The maximum absolute atomic E-state index is 10.6. The number of aromatic nitrogens is 1. The van der Waals surface area contributed by atoms with E-state index in [4.69, 9.17) is 11.6 Å². The monoisotopic (exact) mass is 211 g/mol. The first-order valence-corrected chi connectivity index (χ1v) is 5.11. The molecule has 1 aromatic rings. The van der Waals surface area contributed by atoms with Crippen molar-refractivity contribution in [3.05, 3.63) is 29.5 Å². The molecular formula is C9H6ClNOS. The molecule has 0 unspecified atom stereocenters. The van der Waals surface area contributed by atoms with E-state index in [-0.39, 0.29) is 0 Å². The van der Waals surface area contributed by atoms with E-state index in [0.717, 1.165) is 16.9 Å². The van der Waals surface area contributed by atoms with Gasteiger partial charge in [0.15, 0.2) is 0 Å². The molecule has 1 aliphatic heterocycles. The van der Waals surface area contributed by atoms with Crippen LogP contribution in [-0.2, 0) is 4.79 Å². The third-order valence-electron chi connectivity index (χ3n) is 1.80. The predicted molar refractivity (Wildman–Crippen MR) is 53.8 cm³/mol. The Morgan fingerprint density at radius 1 is 1.62 bits per heavy atom. The second kappa shape index (κ2) is 3.52. The van der Waals surface area contributed by atoms with Gasteiger partial charge in [-0.25, -0.2) is 4.98 Å². The molecule has 0 aromatic carbocycles. The number of hydrogen-bond acceptors (Lipinski definition) is 3. The minimum atomic E-state index is 0.539. The third kappa shape index (κ3) is 1.49. The normalized spacial score (nSPS) is 15.5. The molecule has 0 bridgehead atoms. The smallest absolute Gasteiger partial charge is 0.148 e. The molecule has 2 nitrogen and oxygen atoms in total. The van der Waals surface area contributed by atoms with Crippen LogP contribution in [0.1, 0.15) is 5.56 Å². The first-order valence-electron chi connectivity index (χ1n) is 3.75. The molecule has 0 N–H and O–H groups in total. The number of fused-ring (bicyclic) bond motifs is 1. The minimum absolute atomic E-state index is 0.539. The highest BCUT2D eigenvalue weighted by Gasteiger charge is 2.17. The highest BCUT2D eigenvalue weighted by Crippen LogP contribution is 2.36. The van der Waals surface area contributed by atoms with Gasteiger partial charge in [0.05, 0.1) is 5.03 Å². The van der Waals surface area contributed by atoms with E-state index in [1.807, 2.05) is 12.1 Å². The van der Waals surface area contributed by atoms with E-state index < -0.39 is 0 Å².